The second-order valence-corrected chi connectivity index (χ2v) is 4.68. The fraction of sp³-hybridized carbons (Fsp3) is 0.667. The molecule has 1 N–H and O–H groups in total. The highest BCUT2D eigenvalue weighted by molar-refractivity contribution is 5.24. The van der Waals surface area contributed by atoms with Crippen LogP contribution in [0.4, 0.5) is 0 Å². The SMILES string of the molecule is CCCNCc1c(C)nn(Cc2nnn(C)n2)c1C. The summed E-state index contributed by atoms with van der Waals surface area (Å²) in [6.45, 7) is 8.73. The minimum atomic E-state index is 0.564. The Labute approximate surface area is 113 Å². The summed E-state index contributed by atoms with van der Waals surface area (Å²) in [4.78, 5) is 1.46. The van der Waals surface area contributed by atoms with Crippen molar-refractivity contribution in [3.05, 3.63) is 22.8 Å². The van der Waals surface area contributed by atoms with Crippen molar-refractivity contribution in [1.29, 1.82) is 0 Å². The molecular weight excluding hydrogens is 242 g/mol. The maximum absolute atomic E-state index is 4.55. The van der Waals surface area contributed by atoms with E-state index in [1.165, 1.54) is 10.4 Å². The molecule has 2 aromatic rings. The van der Waals surface area contributed by atoms with Crippen LogP contribution >= 0.6 is 0 Å². The molecule has 0 aromatic carbocycles. The Balaban J connectivity index is 2.11. The van der Waals surface area contributed by atoms with Crippen molar-refractivity contribution < 1.29 is 0 Å². The molecule has 0 aliphatic carbocycles. The fourth-order valence-electron chi connectivity index (χ4n) is 2.05. The van der Waals surface area contributed by atoms with Crippen LogP contribution in [0.15, 0.2) is 0 Å². The predicted molar refractivity (Wildman–Crippen MR) is 71.6 cm³/mol. The van der Waals surface area contributed by atoms with Crippen molar-refractivity contribution in [2.24, 2.45) is 7.05 Å². The monoisotopic (exact) mass is 263 g/mol. The van der Waals surface area contributed by atoms with Crippen LogP contribution in [0.1, 0.15) is 36.1 Å². The van der Waals surface area contributed by atoms with E-state index in [0.29, 0.717) is 12.4 Å². The lowest BCUT2D eigenvalue weighted by Gasteiger charge is -2.04. The van der Waals surface area contributed by atoms with Crippen molar-refractivity contribution in [1.82, 2.24) is 35.3 Å². The zero-order valence-corrected chi connectivity index (χ0v) is 12.0. The normalized spacial score (nSPS) is 11.2. The van der Waals surface area contributed by atoms with Crippen LogP contribution in [-0.2, 0) is 20.1 Å². The standard InChI is InChI=1S/C12H21N7/c1-5-6-13-7-11-9(2)15-19(10(11)3)8-12-14-17-18(4)16-12/h13H,5-8H2,1-4H3. The van der Waals surface area contributed by atoms with E-state index in [-0.39, 0.29) is 0 Å². The van der Waals surface area contributed by atoms with Gasteiger partial charge in [0.15, 0.2) is 5.82 Å². The van der Waals surface area contributed by atoms with E-state index in [1.807, 2.05) is 11.6 Å². The minimum absolute atomic E-state index is 0.564. The quantitative estimate of drug-likeness (QED) is 0.771. The number of hydrogen-bond donors (Lipinski definition) is 1. The van der Waals surface area contributed by atoms with Crippen LogP contribution in [0.2, 0.25) is 0 Å². The summed E-state index contributed by atoms with van der Waals surface area (Å²) in [5, 5.41) is 20.0. The van der Waals surface area contributed by atoms with Crippen LogP contribution in [0.25, 0.3) is 0 Å². The van der Waals surface area contributed by atoms with Crippen LogP contribution in [0.5, 0.6) is 0 Å². The average Bonchev–Trinajstić information content (AvgIpc) is 2.88. The summed E-state index contributed by atoms with van der Waals surface area (Å²) in [7, 11) is 1.76. The largest absolute Gasteiger partial charge is 0.313 e. The number of aryl methyl sites for hydroxylation is 2. The third kappa shape index (κ3) is 3.17. The molecule has 2 heterocycles. The fourth-order valence-corrected chi connectivity index (χ4v) is 2.05. The topological polar surface area (TPSA) is 73.5 Å². The van der Waals surface area contributed by atoms with Crippen molar-refractivity contribution in [2.75, 3.05) is 6.54 Å². The van der Waals surface area contributed by atoms with E-state index < -0.39 is 0 Å². The first-order valence-electron chi connectivity index (χ1n) is 6.58. The van der Waals surface area contributed by atoms with Crippen LogP contribution in [0.3, 0.4) is 0 Å². The summed E-state index contributed by atoms with van der Waals surface area (Å²) in [5.41, 5.74) is 3.48. The first-order valence-corrected chi connectivity index (χ1v) is 6.58. The van der Waals surface area contributed by atoms with E-state index in [2.05, 4.69) is 39.7 Å². The van der Waals surface area contributed by atoms with Gasteiger partial charge in [0.2, 0.25) is 0 Å². The Morgan fingerprint density at radius 2 is 2.00 bits per heavy atom. The van der Waals surface area contributed by atoms with Gasteiger partial charge in [0.25, 0.3) is 0 Å². The summed E-state index contributed by atoms with van der Waals surface area (Å²) < 4.78 is 1.94. The second kappa shape index (κ2) is 5.92. The molecule has 7 heteroatoms. The van der Waals surface area contributed by atoms with Gasteiger partial charge in [0, 0.05) is 17.8 Å². The van der Waals surface area contributed by atoms with Crippen molar-refractivity contribution in [2.45, 2.75) is 40.3 Å². The molecule has 7 nitrogen and oxygen atoms in total. The van der Waals surface area contributed by atoms with Gasteiger partial charge in [-0.15, -0.1) is 10.2 Å². The Bertz CT molecular complexity index is 540. The number of aromatic nitrogens is 6. The Kier molecular flexibility index (Phi) is 4.26. The van der Waals surface area contributed by atoms with Gasteiger partial charge in [0.1, 0.15) is 6.54 Å². The van der Waals surface area contributed by atoms with Gasteiger partial charge in [-0.2, -0.15) is 9.90 Å². The van der Waals surface area contributed by atoms with Crippen molar-refractivity contribution in [3.63, 3.8) is 0 Å². The summed E-state index contributed by atoms with van der Waals surface area (Å²) in [6.07, 6.45) is 1.13. The lowest BCUT2D eigenvalue weighted by atomic mass is 10.2. The van der Waals surface area contributed by atoms with Crippen molar-refractivity contribution >= 4 is 0 Å². The molecule has 0 aliphatic rings. The van der Waals surface area contributed by atoms with Gasteiger partial charge >= 0.3 is 0 Å². The maximum atomic E-state index is 4.55. The highest BCUT2D eigenvalue weighted by atomic mass is 15.6. The minimum Gasteiger partial charge on any atom is -0.313 e. The van der Waals surface area contributed by atoms with E-state index in [1.54, 1.807) is 7.05 Å². The molecule has 0 bridgehead atoms. The Hall–Kier alpha value is -1.76. The number of nitrogens with zero attached hydrogens (tertiary/aromatic N) is 6. The Morgan fingerprint density at radius 3 is 2.63 bits per heavy atom. The van der Waals surface area contributed by atoms with Crippen LogP contribution in [0, 0.1) is 13.8 Å². The molecule has 0 atom stereocenters. The molecule has 0 saturated carbocycles. The molecular formula is C12H21N7. The second-order valence-electron chi connectivity index (χ2n) is 4.68. The van der Waals surface area contributed by atoms with E-state index in [4.69, 9.17) is 0 Å². The first-order chi connectivity index (χ1) is 9.11. The molecule has 0 saturated heterocycles. The zero-order chi connectivity index (χ0) is 13.8. The van der Waals surface area contributed by atoms with Gasteiger partial charge in [-0.3, -0.25) is 4.68 Å². The summed E-state index contributed by atoms with van der Waals surface area (Å²) in [5.74, 6) is 0.682. The number of hydrogen-bond acceptors (Lipinski definition) is 5. The smallest absolute Gasteiger partial charge is 0.196 e. The number of nitrogens with one attached hydrogen (secondary N) is 1. The summed E-state index contributed by atoms with van der Waals surface area (Å²) >= 11 is 0. The molecule has 0 amide bonds. The van der Waals surface area contributed by atoms with E-state index in [9.17, 15) is 0 Å². The van der Waals surface area contributed by atoms with Gasteiger partial charge in [0.05, 0.1) is 12.7 Å². The highest BCUT2D eigenvalue weighted by Gasteiger charge is 2.12. The summed E-state index contributed by atoms with van der Waals surface area (Å²) in [6, 6.07) is 0. The van der Waals surface area contributed by atoms with Crippen LogP contribution < -0.4 is 5.32 Å². The lowest BCUT2D eigenvalue weighted by Crippen LogP contribution is -2.15. The van der Waals surface area contributed by atoms with E-state index in [0.717, 1.165) is 30.9 Å². The molecule has 0 radical (unpaired) electrons. The van der Waals surface area contributed by atoms with Gasteiger partial charge in [-0.05, 0) is 32.0 Å². The molecule has 0 spiro atoms. The van der Waals surface area contributed by atoms with Crippen LogP contribution in [-0.4, -0.2) is 36.5 Å². The number of rotatable bonds is 6. The molecule has 0 aliphatic heterocycles. The molecule has 0 unspecified atom stereocenters. The third-order valence-corrected chi connectivity index (χ3v) is 3.10. The Morgan fingerprint density at radius 1 is 1.21 bits per heavy atom. The van der Waals surface area contributed by atoms with E-state index >= 15 is 0 Å². The number of tetrazole rings is 1. The van der Waals surface area contributed by atoms with Gasteiger partial charge in [-0.1, -0.05) is 6.92 Å². The van der Waals surface area contributed by atoms with Gasteiger partial charge in [-0.25, -0.2) is 0 Å². The first kappa shape index (κ1) is 13.7. The molecule has 19 heavy (non-hydrogen) atoms. The maximum Gasteiger partial charge on any atom is 0.196 e. The average molecular weight is 263 g/mol. The molecule has 0 fully saturated rings. The van der Waals surface area contributed by atoms with Gasteiger partial charge < -0.3 is 5.32 Å². The molecule has 2 aromatic heterocycles. The third-order valence-electron chi connectivity index (χ3n) is 3.10. The van der Waals surface area contributed by atoms with Crippen molar-refractivity contribution in [3.8, 4) is 0 Å². The highest BCUT2D eigenvalue weighted by Crippen LogP contribution is 2.13. The molecule has 2 rings (SSSR count). The zero-order valence-electron chi connectivity index (χ0n) is 12.0. The predicted octanol–water partition coefficient (Wildman–Crippen LogP) is 0.571. The molecule has 104 valence electrons. The lowest BCUT2D eigenvalue weighted by molar-refractivity contribution is 0.609.